The second-order valence-electron chi connectivity index (χ2n) is 4.14. The van der Waals surface area contributed by atoms with Crippen LogP contribution in [0, 0.1) is 0 Å². The molecule has 2 N–H and O–H groups in total. The highest BCUT2D eigenvalue weighted by molar-refractivity contribution is 4.91. The molecular formula is C9H18N2. The summed E-state index contributed by atoms with van der Waals surface area (Å²) < 4.78 is 0. The fourth-order valence-electron chi connectivity index (χ4n) is 2.66. The van der Waals surface area contributed by atoms with Gasteiger partial charge in [0.25, 0.3) is 0 Å². The minimum Gasteiger partial charge on any atom is -0.328 e. The van der Waals surface area contributed by atoms with Gasteiger partial charge in [-0.2, -0.15) is 0 Å². The van der Waals surface area contributed by atoms with E-state index in [1.807, 2.05) is 0 Å². The van der Waals surface area contributed by atoms with Gasteiger partial charge in [-0.05, 0) is 32.7 Å². The van der Waals surface area contributed by atoms with Crippen molar-refractivity contribution in [1.82, 2.24) is 4.90 Å². The topological polar surface area (TPSA) is 29.3 Å². The van der Waals surface area contributed by atoms with Gasteiger partial charge in [-0.15, -0.1) is 0 Å². The zero-order chi connectivity index (χ0) is 7.84. The third-order valence-electron chi connectivity index (χ3n) is 3.38. The van der Waals surface area contributed by atoms with Gasteiger partial charge in [0.1, 0.15) is 0 Å². The number of piperidine rings is 2. The number of nitrogens with two attached hydrogens (primary N) is 1. The second kappa shape index (κ2) is 2.76. The van der Waals surface area contributed by atoms with Gasteiger partial charge in [-0.25, -0.2) is 0 Å². The van der Waals surface area contributed by atoms with Crippen LogP contribution in [-0.2, 0) is 0 Å². The summed E-state index contributed by atoms with van der Waals surface area (Å²) in [5, 5.41) is 0. The molecule has 2 bridgehead atoms. The summed E-state index contributed by atoms with van der Waals surface area (Å²) in [4.78, 5) is 2.55. The average Bonchev–Trinajstić information content (AvgIpc) is 1.92. The molecule has 0 aliphatic carbocycles. The van der Waals surface area contributed by atoms with E-state index in [0.29, 0.717) is 6.04 Å². The zero-order valence-electron chi connectivity index (χ0n) is 7.29. The van der Waals surface area contributed by atoms with Crippen molar-refractivity contribution in [1.29, 1.82) is 0 Å². The predicted octanol–water partition coefficient (Wildman–Crippen LogP) is 0.960. The van der Waals surface area contributed by atoms with E-state index in [2.05, 4.69) is 11.9 Å². The molecule has 2 fully saturated rings. The highest BCUT2D eigenvalue weighted by Gasteiger charge is 2.34. The SMILES string of the molecule is CN1[C@@H]2CCC[C@@H]1CC(N)C2. The molecule has 2 rings (SSSR count). The third kappa shape index (κ3) is 1.30. The Balaban J connectivity index is 2.07. The Morgan fingerprint density at radius 2 is 1.73 bits per heavy atom. The van der Waals surface area contributed by atoms with Gasteiger partial charge in [0, 0.05) is 18.1 Å². The summed E-state index contributed by atoms with van der Waals surface area (Å²) in [7, 11) is 2.26. The maximum absolute atomic E-state index is 5.96. The van der Waals surface area contributed by atoms with E-state index >= 15 is 0 Å². The molecule has 0 saturated carbocycles. The minimum atomic E-state index is 0.487. The van der Waals surface area contributed by atoms with Crippen LogP contribution in [0.5, 0.6) is 0 Å². The van der Waals surface area contributed by atoms with E-state index < -0.39 is 0 Å². The Kier molecular flexibility index (Phi) is 1.90. The number of hydrogen-bond donors (Lipinski definition) is 1. The van der Waals surface area contributed by atoms with Crippen molar-refractivity contribution in [3.8, 4) is 0 Å². The molecule has 2 aliphatic heterocycles. The van der Waals surface area contributed by atoms with Crippen molar-refractivity contribution in [3.05, 3.63) is 0 Å². The highest BCUT2D eigenvalue weighted by atomic mass is 15.2. The first kappa shape index (κ1) is 7.56. The number of hydrogen-bond acceptors (Lipinski definition) is 2. The molecule has 0 unspecified atom stereocenters. The van der Waals surface area contributed by atoms with Crippen LogP contribution in [-0.4, -0.2) is 30.1 Å². The molecule has 2 saturated heterocycles. The lowest BCUT2D eigenvalue weighted by Gasteiger charge is -2.46. The molecule has 0 aromatic heterocycles. The summed E-state index contributed by atoms with van der Waals surface area (Å²) in [6, 6.07) is 2.09. The van der Waals surface area contributed by atoms with Crippen molar-refractivity contribution >= 4 is 0 Å². The minimum absolute atomic E-state index is 0.487. The molecule has 0 spiro atoms. The Labute approximate surface area is 68.7 Å². The molecule has 2 nitrogen and oxygen atoms in total. The second-order valence-corrected chi connectivity index (χ2v) is 4.14. The summed E-state index contributed by atoms with van der Waals surface area (Å²) >= 11 is 0. The molecular weight excluding hydrogens is 136 g/mol. The lowest BCUT2D eigenvalue weighted by Crippen LogP contribution is -2.53. The maximum Gasteiger partial charge on any atom is 0.0110 e. The van der Waals surface area contributed by atoms with Gasteiger partial charge in [-0.1, -0.05) is 6.42 Å². The van der Waals surface area contributed by atoms with Crippen molar-refractivity contribution in [2.24, 2.45) is 5.73 Å². The number of rotatable bonds is 0. The van der Waals surface area contributed by atoms with Crippen molar-refractivity contribution in [2.45, 2.75) is 50.2 Å². The van der Waals surface area contributed by atoms with Crippen LogP contribution >= 0.6 is 0 Å². The maximum atomic E-state index is 5.96. The average molecular weight is 154 g/mol. The summed E-state index contributed by atoms with van der Waals surface area (Å²) in [5.74, 6) is 0. The van der Waals surface area contributed by atoms with Gasteiger partial charge in [0.05, 0.1) is 0 Å². The molecule has 11 heavy (non-hydrogen) atoms. The molecule has 0 aromatic carbocycles. The first-order chi connectivity index (χ1) is 5.27. The molecule has 2 heteroatoms. The van der Waals surface area contributed by atoms with E-state index in [0.717, 1.165) is 12.1 Å². The molecule has 0 amide bonds. The van der Waals surface area contributed by atoms with Crippen LogP contribution in [0.1, 0.15) is 32.1 Å². The standard InChI is InChI=1S/C9H18N2/c1-11-8-3-2-4-9(11)6-7(10)5-8/h7-9H,2-6,10H2,1H3/t8-,9-/m1/s1. The van der Waals surface area contributed by atoms with Crippen LogP contribution in [0.15, 0.2) is 0 Å². The van der Waals surface area contributed by atoms with Gasteiger partial charge in [-0.3, -0.25) is 0 Å². The van der Waals surface area contributed by atoms with E-state index in [4.69, 9.17) is 5.73 Å². The fourth-order valence-corrected chi connectivity index (χ4v) is 2.66. The first-order valence-electron chi connectivity index (χ1n) is 4.75. The quantitative estimate of drug-likeness (QED) is 0.563. The van der Waals surface area contributed by atoms with E-state index in [1.54, 1.807) is 0 Å². The van der Waals surface area contributed by atoms with Gasteiger partial charge in [0.15, 0.2) is 0 Å². The van der Waals surface area contributed by atoms with Crippen LogP contribution in [0.4, 0.5) is 0 Å². The number of nitrogens with zero attached hydrogens (tertiary/aromatic N) is 1. The van der Waals surface area contributed by atoms with Crippen LogP contribution < -0.4 is 5.73 Å². The Morgan fingerprint density at radius 3 is 2.27 bits per heavy atom. The lowest BCUT2D eigenvalue weighted by atomic mass is 9.83. The molecule has 0 aromatic rings. The van der Waals surface area contributed by atoms with Crippen molar-refractivity contribution < 1.29 is 0 Å². The summed E-state index contributed by atoms with van der Waals surface area (Å²) in [5.41, 5.74) is 5.96. The fraction of sp³-hybridized carbons (Fsp3) is 1.00. The van der Waals surface area contributed by atoms with E-state index in [1.165, 1.54) is 32.1 Å². The Morgan fingerprint density at radius 1 is 1.18 bits per heavy atom. The predicted molar refractivity (Wildman–Crippen MR) is 46.4 cm³/mol. The smallest absolute Gasteiger partial charge is 0.0110 e. The van der Waals surface area contributed by atoms with Crippen LogP contribution in [0.2, 0.25) is 0 Å². The third-order valence-corrected chi connectivity index (χ3v) is 3.38. The summed E-state index contributed by atoms with van der Waals surface area (Å²) in [6.07, 6.45) is 6.63. The largest absolute Gasteiger partial charge is 0.328 e. The monoisotopic (exact) mass is 154 g/mol. The van der Waals surface area contributed by atoms with Gasteiger partial charge >= 0.3 is 0 Å². The summed E-state index contributed by atoms with van der Waals surface area (Å²) in [6.45, 7) is 0. The van der Waals surface area contributed by atoms with Crippen LogP contribution in [0.3, 0.4) is 0 Å². The van der Waals surface area contributed by atoms with E-state index in [9.17, 15) is 0 Å². The first-order valence-corrected chi connectivity index (χ1v) is 4.75. The molecule has 2 atom stereocenters. The highest BCUT2D eigenvalue weighted by Crippen LogP contribution is 2.31. The van der Waals surface area contributed by atoms with Gasteiger partial charge in [0.2, 0.25) is 0 Å². The molecule has 64 valence electrons. The van der Waals surface area contributed by atoms with E-state index in [-0.39, 0.29) is 0 Å². The Hall–Kier alpha value is -0.0800. The lowest BCUT2D eigenvalue weighted by molar-refractivity contribution is 0.0570. The zero-order valence-corrected chi connectivity index (χ0v) is 7.29. The van der Waals surface area contributed by atoms with Crippen molar-refractivity contribution in [3.63, 3.8) is 0 Å². The van der Waals surface area contributed by atoms with Crippen LogP contribution in [0.25, 0.3) is 0 Å². The number of fused-ring (bicyclic) bond motifs is 2. The van der Waals surface area contributed by atoms with Crippen molar-refractivity contribution in [2.75, 3.05) is 7.05 Å². The molecule has 2 aliphatic rings. The normalized spacial score (nSPS) is 45.8. The van der Waals surface area contributed by atoms with Gasteiger partial charge < -0.3 is 10.6 Å². The molecule has 2 heterocycles. The Bertz CT molecular complexity index is 132. The molecule has 0 radical (unpaired) electrons.